The second kappa shape index (κ2) is 7.70. The van der Waals surface area contributed by atoms with Gasteiger partial charge in [-0.05, 0) is 48.6 Å². The van der Waals surface area contributed by atoms with E-state index in [1.165, 1.54) is 5.56 Å². The van der Waals surface area contributed by atoms with Gasteiger partial charge in [-0.25, -0.2) is 4.99 Å². The van der Waals surface area contributed by atoms with E-state index in [-0.39, 0.29) is 11.3 Å². The van der Waals surface area contributed by atoms with E-state index in [0.717, 1.165) is 33.9 Å². The molecule has 150 valence electrons. The van der Waals surface area contributed by atoms with Crippen LogP contribution in [0.25, 0.3) is 5.70 Å². The molecule has 1 N–H and O–H groups in total. The van der Waals surface area contributed by atoms with Crippen LogP contribution >= 0.6 is 0 Å². The van der Waals surface area contributed by atoms with Crippen LogP contribution in [0.1, 0.15) is 54.7 Å². The monoisotopic (exact) mass is 387 g/mol. The van der Waals surface area contributed by atoms with Crippen LogP contribution in [0.4, 0.5) is 5.69 Å². The molecule has 0 bridgehead atoms. The number of aliphatic imine (C=N–C) groups is 1. The van der Waals surface area contributed by atoms with Gasteiger partial charge in [0.25, 0.3) is 5.91 Å². The second-order valence-electron chi connectivity index (χ2n) is 8.53. The minimum Gasteiger partial charge on any atom is -0.348 e. The number of rotatable bonds is 3. The molecule has 0 fully saturated rings. The predicted molar refractivity (Wildman–Crippen MR) is 122 cm³/mol. The highest BCUT2D eigenvalue weighted by Gasteiger charge is 2.18. The predicted octanol–water partition coefficient (Wildman–Crippen LogP) is 5.76. The Morgan fingerprint density at radius 3 is 2.31 bits per heavy atom. The fourth-order valence-electron chi connectivity index (χ4n) is 3.29. The van der Waals surface area contributed by atoms with Crippen LogP contribution in [0.15, 0.2) is 65.9 Å². The highest BCUT2D eigenvalue weighted by Crippen LogP contribution is 2.30. The Bertz CT molecular complexity index is 1020. The second-order valence-corrected chi connectivity index (χ2v) is 8.53. The van der Waals surface area contributed by atoms with Gasteiger partial charge in [-0.2, -0.15) is 0 Å². The number of amides is 1. The highest BCUT2D eigenvalue weighted by molar-refractivity contribution is 6.05. The van der Waals surface area contributed by atoms with Gasteiger partial charge in [0.1, 0.15) is 0 Å². The number of carbonyl (C=O) groups excluding carboxylic acids is 1. The molecule has 1 amide bonds. The summed E-state index contributed by atoms with van der Waals surface area (Å²) in [5, 5.41) is 3.05. The average molecular weight is 388 g/mol. The summed E-state index contributed by atoms with van der Waals surface area (Å²) in [4.78, 5) is 19.4. The quantitative estimate of drug-likeness (QED) is 0.727. The van der Waals surface area contributed by atoms with Gasteiger partial charge in [0.15, 0.2) is 0 Å². The van der Waals surface area contributed by atoms with Gasteiger partial charge >= 0.3 is 0 Å². The van der Waals surface area contributed by atoms with Crippen LogP contribution in [-0.2, 0) is 5.41 Å². The van der Waals surface area contributed by atoms with Crippen molar-refractivity contribution in [1.82, 2.24) is 4.90 Å². The summed E-state index contributed by atoms with van der Waals surface area (Å²) in [6.07, 6.45) is 1.97. The Balaban J connectivity index is 1.86. The van der Waals surface area contributed by atoms with Gasteiger partial charge in [-0.3, -0.25) is 4.79 Å². The Kier molecular flexibility index (Phi) is 5.47. The van der Waals surface area contributed by atoms with E-state index in [1.54, 1.807) is 0 Å². The zero-order valence-electron chi connectivity index (χ0n) is 18.1. The summed E-state index contributed by atoms with van der Waals surface area (Å²) >= 11 is 0. The number of carbonyl (C=O) groups is 1. The molecule has 0 saturated carbocycles. The van der Waals surface area contributed by atoms with E-state index in [4.69, 9.17) is 0 Å². The van der Waals surface area contributed by atoms with Gasteiger partial charge in [0, 0.05) is 30.1 Å². The van der Waals surface area contributed by atoms with Crippen LogP contribution in [0.2, 0.25) is 0 Å². The number of benzene rings is 2. The molecule has 1 heterocycles. The normalized spacial score (nSPS) is 14.4. The Labute approximate surface area is 173 Å². The molecule has 29 heavy (non-hydrogen) atoms. The van der Waals surface area contributed by atoms with Gasteiger partial charge in [0.05, 0.1) is 17.1 Å². The molecule has 1 aliphatic rings. The number of anilines is 1. The molecule has 3 rings (SSSR count). The summed E-state index contributed by atoms with van der Waals surface area (Å²) < 4.78 is 0. The SMILES string of the molecule is C=C1C(C)=NC(c2cccc(NC(=O)c3ccc(C(C)(C)C)cc3)c2C)=CN1C. The van der Waals surface area contributed by atoms with E-state index >= 15 is 0 Å². The summed E-state index contributed by atoms with van der Waals surface area (Å²) in [6, 6.07) is 13.7. The van der Waals surface area contributed by atoms with Crippen molar-refractivity contribution in [2.24, 2.45) is 4.99 Å². The molecular formula is C25H29N3O. The van der Waals surface area contributed by atoms with Crippen LogP contribution in [0.3, 0.4) is 0 Å². The van der Waals surface area contributed by atoms with Crippen LogP contribution in [0.5, 0.6) is 0 Å². The van der Waals surface area contributed by atoms with Crippen LogP contribution in [-0.4, -0.2) is 23.6 Å². The van der Waals surface area contributed by atoms with Gasteiger partial charge in [-0.15, -0.1) is 0 Å². The van der Waals surface area contributed by atoms with E-state index in [1.807, 2.05) is 74.5 Å². The third kappa shape index (κ3) is 4.32. The smallest absolute Gasteiger partial charge is 0.255 e. The highest BCUT2D eigenvalue weighted by atomic mass is 16.1. The third-order valence-corrected chi connectivity index (χ3v) is 5.32. The molecule has 2 aromatic rings. The molecule has 0 radical (unpaired) electrons. The largest absolute Gasteiger partial charge is 0.348 e. The molecule has 4 nitrogen and oxygen atoms in total. The van der Waals surface area contributed by atoms with E-state index < -0.39 is 0 Å². The van der Waals surface area contributed by atoms with Gasteiger partial charge in [-0.1, -0.05) is 51.6 Å². The first-order valence-electron chi connectivity index (χ1n) is 9.79. The summed E-state index contributed by atoms with van der Waals surface area (Å²) in [5.74, 6) is -0.117. The van der Waals surface area contributed by atoms with E-state index in [0.29, 0.717) is 5.56 Å². The lowest BCUT2D eigenvalue weighted by atomic mass is 9.86. The molecular weight excluding hydrogens is 358 g/mol. The molecule has 2 aromatic carbocycles. The van der Waals surface area contributed by atoms with Crippen molar-refractivity contribution in [1.29, 1.82) is 0 Å². The number of allylic oxidation sites excluding steroid dienone is 1. The third-order valence-electron chi connectivity index (χ3n) is 5.32. The van der Waals surface area contributed by atoms with Crippen molar-refractivity contribution in [3.05, 3.63) is 83.2 Å². The molecule has 0 atom stereocenters. The van der Waals surface area contributed by atoms with Crippen molar-refractivity contribution < 1.29 is 4.79 Å². The standard InChI is InChI=1S/C25H29N3O/c1-16-21(23-15-28(7)18(3)17(2)26-23)9-8-10-22(16)27-24(29)19-11-13-20(14-12-19)25(4,5)6/h8-15H,3H2,1-2,4-7H3,(H,27,29). The fraction of sp³-hybridized carbons (Fsp3) is 0.280. The summed E-state index contributed by atoms with van der Waals surface area (Å²) in [6.45, 7) is 14.5. The maximum Gasteiger partial charge on any atom is 0.255 e. The minimum atomic E-state index is -0.117. The zero-order chi connectivity index (χ0) is 21.3. The molecule has 0 spiro atoms. The lowest BCUT2D eigenvalue weighted by molar-refractivity contribution is 0.102. The zero-order valence-corrected chi connectivity index (χ0v) is 18.1. The first-order chi connectivity index (χ1) is 13.6. The molecule has 4 heteroatoms. The van der Waals surface area contributed by atoms with Gasteiger partial charge < -0.3 is 10.2 Å². The maximum atomic E-state index is 12.8. The van der Waals surface area contributed by atoms with Crippen molar-refractivity contribution in [2.75, 3.05) is 12.4 Å². The Hall–Kier alpha value is -3.14. The Morgan fingerprint density at radius 1 is 1.07 bits per heavy atom. The topological polar surface area (TPSA) is 44.7 Å². The summed E-state index contributed by atoms with van der Waals surface area (Å²) in [7, 11) is 1.96. The van der Waals surface area contributed by atoms with Crippen molar-refractivity contribution in [2.45, 2.75) is 40.0 Å². The maximum absolute atomic E-state index is 12.8. The lowest BCUT2D eigenvalue weighted by Crippen LogP contribution is -2.20. The number of nitrogens with zero attached hydrogens (tertiary/aromatic N) is 2. The molecule has 0 saturated heterocycles. The lowest BCUT2D eigenvalue weighted by Gasteiger charge is -2.24. The van der Waals surface area contributed by atoms with Gasteiger partial charge in [0.2, 0.25) is 0 Å². The molecule has 0 aromatic heterocycles. The van der Waals surface area contributed by atoms with Crippen molar-refractivity contribution in [3.63, 3.8) is 0 Å². The summed E-state index contributed by atoms with van der Waals surface area (Å²) in [5.41, 5.74) is 7.30. The molecule has 1 aliphatic heterocycles. The fourth-order valence-corrected chi connectivity index (χ4v) is 3.29. The minimum absolute atomic E-state index is 0.0603. The number of hydrogen-bond acceptors (Lipinski definition) is 3. The first kappa shape index (κ1) is 20.6. The molecule has 0 aliphatic carbocycles. The number of hydrogen-bond donors (Lipinski definition) is 1. The average Bonchev–Trinajstić information content (AvgIpc) is 2.66. The number of nitrogens with one attached hydrogen (secondary N) is 1. The first-order valence-corrected chi connectivity index (χ1v) is 9.79. The van der Waals surface area contributed by atoms with E-state index in [2.05, 4.69) is 37.7 Å². The Morgan fingerprint density at radius 2 is 1.72 bits per heavy atom. The van der Waals surface area contributed by atoms with Crippen molar-refractivity contribution >= 4 is 23.0 Å². The van der Waals surface area contributed by atoms with Crippen LogP contribution in [0, 0.1) is 6.92 Å². The van der Waals surface area contributed by atoms with E-state index in [9.17, 15) is 4.79 Å². The van der Waals surface area contributed by atoms with Crippen molar-refractivity contribution in [3.8, 4) is 0 Å². The molecule has 0 unspecified atom stereocenters. The van der Waals surface area contributed by atoms with Crippen LogP contribution < -0.4 is 5.32 Å².